The predicted molar refractivity (Wildman–Crippen MR) is 67.5 cm³/mol. The van der Waals surface area contributed by atoms with E-state index in [0.717, 1.165) is 12.8 Å². The van der Waals surface area contributed by atoms with Gasteiger partial charge in [0, 0.05) is 12.3 Å². The molecule has 86 valence electrons. The van der Waals surface area contributed by atoms with Crippen LogP contribution < -0.4 is 0 Å². The lowest BCUT2D eigenvalue weighted by atomic mass is 9.61. The molecular weight excluding hydrogens is 208 g/mol. The minimum absolute atomic E-state index is 0.233. The zero-order valence-electron chi connectivity index (χ0n) is 9.91. The Hall–Kier alpha value is -1.37. The van der Waals surface area contributed by atoms with Gasteiger partial charge in [-0.05, 0) is 48.3 Å². The smallest absolute Gasteiger partial charge is 0.140 e. The first-order valence-corrected chi connectivity index (χ1v) is 6.68. The fourth-order valence-electron chi connectivity index (χ4n) is 4.03. The van der Waals surface area contributed by atoms with E-state index in [1.807, 2.05) is 0 Å². The van der Waals surface area contributed by atoms with E-state index < -0.39 is 0 Å². The first-order valence-electron chi connectivity index (χ1n) is 6.68. The summed E-state index contributed by atoms with van der Waals surface area (Å²) in [5, 5.41) is 0. The number of carbonyl (C=O) groups excluding carboxylic acids is 1. The van der Waals surface area contributed by atoms with Crippen LogP contribution in [0.4, 0.5) is 0 Å². The Morgan fingerprint density at radius 3 is 2.82 bits per heavy atom. The summed E-state index contributed by atoms with van der Waals surface area (Å²) in [5.41, 5.74) is 5.89. The standard InChI is InChI=1S/C16H16O/c17-15-9-11-6-8-14(15)16-12-4-2-1-3-10(12)5-7-13(11)16/h1-4,11,14H,5-9H2/t11-,14+/m1/s1. The molecule has 0 saturated heterocycles. The van der Waals surface area contributed by atoms with Crippen molar-refractivity contribution in [2.75, 3.05) is 0 Å². The third-order valence-corrected chi connectivity index (χ3v) is 4.80. The van der Waals surface area contributed by atoms with Crippen LogP contribution >= 0.6 is 0 Å². The second-order valence-electron chi connectivity index (χ2n) is 5.59. The van der Waals surface area contributed by atoms with E-state index in [1.165, 1.54) is 36.0 Å². The fourth-order valence-corrected chi connectivity index (χ4v) is 4.03. The van der Waals surface area contributed by atoms with Crippen molar-refractivity contribution in [3.05, 3.63) is 41.0 Å². The van der Waals surface area contributed by atoms with Gasteiger partial charge in [-0.1, -0.05) is 29.8 Å². The normalized spacial score (nSPS) is 30.2. The fraction of sp³-hybridized carbons (Fsp3) is 0.438. The number of fused-ring (bicyclic) bond motifs is 3. The predicted octanol–water partition coefficient (Wildman–Crippen LogP) is 3.39. The number of hydrogen-bond donors (Lipinski definition) is 0. The summed E-state index contributed by atoms with van der Waals surface area (Å²) in [6.45, 7) is 0. The van der Waals surface area contributed by atoms with Gasteiger partial charge in [0.1, 0.15) is 5.78 Å². The highest BCUT2D eigenvalue weighted by Crippen LogP contribution is 2.51. The van der Waals surface area contributed by atoms with Gasteiger partial charge in [-0.2, -0.15) is 0 Å². The third kappa shape index (κ3) is 1.23. The van der Waals surface area contributed by atoms with E-state index in [4.69, 9.17) is 0 Å². The average molecular weight is 224 g/mol. The number of rotatable bonds is 0. The van der Waals surface area contributed by atoms with E-state index in [0.29, 0.717) is 11.7 Å². The summed E-state index contributed by atoms with van der Waals surface area (Å²) in [6.07, 6.45) is 5.53. The molecule has 0 N–H and O–H groups in total. The molecule has 1 aromatic carbocycles. The minimum atomic E-state index is 0.233. The lowest BCUT2D eigenvalue weighted by molar-refractivity contribution is -0.124. The molecule has 0 radical (unpaired) electrons. The Bertz CT molecular complexity index is 538. The maximum absolute atomic E-state index is 12.1. The molecule has 2 atom stereocenters. The minimum Gasteiger partial charge on any atom is -0.299 e. The third-order valence-electron chi connectivity index (χ3n) is 4.80. The summed E-state index contributed by atoms with van der Waals surface area (Å²) in [6, 6.07) is 8.68. The van der Waals surface area contributed by atoms with Crippen molar-refractivity contribution in [3.63, 3.8) is 0 Å². The number of ketones is 1. The van der Waals surface area contributed by atoms with Gasteiger partial charge in [-0.3, -0.25) is 4.79 Å². The lowest BCUT2D eigenvalue weighted by Gasteiger charge is -2.42. The van der Waals surface area contributed by atoms with Crippen LogP contribution in [0.5, 0.6) is 0 Å². The number of Topliss-reactive ketones (excluding diaryl/α,β-unsaturated/α-hetero) is 1. The highest BCUT2D eigenvalue weighted by molar-refractivity contribution is 5.98. The van der Waals surface area contributed by atoms with Crippen LogP contribution in [0.3, 0.4) is 0 Å². The SMILES string of the molecule is O=C1C[C@H]2CC[C@@H]1C1=C2CCc2ccccc21. The van der Waals surface area contributed by atoms with Crippen molar-refractivity contribution in [2.45, 2.75) is 32.1 Å². The molecule has 1 nitrogen and oxygen atoms in total. The average Bonchev–Trinajstić information content (AvgIpc) is 2.39. The molecule has 17 heavy (non-hydrogen) atoms. The van der Waals surface area contributed by atoms with Crippen molar-refractivity contribution in [1.82, 2.24) is 0 Å². The van der Waals surface area contributed by atoms with E-state index in [-0.39, 0.29) is 5.92 Å². The van der Waals surface area contributed by atoms with Crippen molar-refractivity contribution in [1.29, 1.82) is 0 Å². The first kappa shape index (κ1) is 9.64. The Kier molecular flexibility index (Phi) is 1.88. The van der Waals surface area contributed by atoms with Gasteiger partial charge in [0.15, 0.2) is 0 Å². The van der Waals surface area contributed by atoms with Crippen LogP contribution in [-0.2, 0) is 11.2 Å². The number of benzene rings is 1. The zero-order chi connectivity index (χ0) is 11.4. The van der Waals surface area contributed by atoms with Gasteiger partial charge >= 0.3 is 0 Å². The van der Waals surface area contributed by atoms with E-state index in [9.17, 15) is 4.79 Å². The summed E-state index contributed by atoms with van der Waals surface area (Å²) in [4.78, 5) is 12.1. The maximum atomic E-state index is 12.1. The Labute approximate surface area is 102 Å². The summed E-state index contributed by atoms with van der Waals surface area (Å²) < 4.78 is 0. The maximum Gasteiger partial charge on any atom is 0.140 e. The van der Waals surface area contributed by atoms with Crippen LogP contribution in [0.15, 0.2) is 29.8 Å². The number of carbonyl (C=O) groups is 1. The molecule has 4 aliphatic carbocycles. The molecule has 1 aromatic rings. The molecule has 4 aliphatic rings. The summed E-state index contributed by atoms with van der Waals surface area (Å²) in [5.74, 6) is 1.31. The Morgan fingerprint density at radius 1 is 1.06 bits per heavy atom. The second-order valence-corrected chi connectivity index (χ2v) is 5.59. The van der Waals surface area contributed by atoms with Crippen molar-refractivity contribution < 1.29 is 4.79 Å². The molecule has 0 aromatic heterocycles. The van der Waals surface area contributed by atoms with Gasteiger partial charge in [0.25, 0.3) is 0 Å². The number of hydrogen-bond acceptors (Lipinski definition) is 1. The van der Waals surface area contributed by atoms with Gasteiger partial charge in [0.05, 0.1) is 0 Å². The highest BCUT2D eigenvalue weighted by atomic mass is 16.1. The molecule has 1 fully saturated rings. The van der Waals surface area contributed by atoms with Gasteiger partial charge in [-0.15, -0.1) is 0 Å². The number of allylic oxidation sites excluding steroid dienone is 2. The molecule has 0 spiro atoms. The molecule has 5 rings (SSSR count). The summed E-state index contributed by atoms with van der Waals surface area (Å²) >= 11 is 0. The Balaban J connectivity index is 1.96. The largest absolute Gasteiger partial charge is 0.299 e. The van der Waals surface area contributed by atoms with Crippen LogP contribution in [0, 0.1) is 11.8 Å². The summed E-state index contributed by atoms with van der Waals surface area (Å²) in [7, 11) is 0. The van der Waals surface area contributed by atoms with Crippen LogP contribution in [0.1, 0.15) is 36.8 Å². The first-order chi connectivity index (χ1) is 8.34. The van der Waals surface area contributed by atoms with E-state index in [2.05, 4.69) is 24.3 Å². The zero-order valence-corrected chi connectivity index (χ0v) is 9.91. The van der Waals surface area contributed by atoms with Crippen molar-refractivity contribution >= 4 is 11.4 Å². The van der Waals surface area contributed by atoms with Gasteiger partial charge < -0.3 is 0 Å². The topological polar surface area (TPSA) is 17.1 Å². The molecule has 0 unspecified atom stereocenters. The monoisotopic (exact) mass is 224 g/mol. The van der Waals surface area contributed by atoms with Crippen molar-refractivity contribution in [3.8, 4) is 0 Å². The molecule has 0 amide bonds. The van der Waals surface area contributed by atoms with Crippen LogP contribution in [-0.4, -0.2) is 5.78 Å². The Morgan fingerprint density at radius 2 is 1.94 bits per heavy atom. The van der Waals surface area contributed by atoms with Gasteiger partial charge in [-0.25, -0.2) is 0 Å². The van der Waals surface area contributed by atoms with Crippen LogP contribution in [0.25, 0.3) is 5.57 Å². The molecule has 1 saturated carbocycles. The van der Waals surface area contributed by atoms with E-state index >= 15 is 0 Å². The quantitative estimate of drug-likeness (QED) is 0.660. The van der Waals surface area contributed by atoms with E-state index in [1.54, 1.807) is 5.57 Å². The van der Waals surface area contributed by atoms with Crippen molar-refractivity contribution in [2.24, 2.45) is 11.8 Å². The van der Waals surface area contributed by atoms with Gasteiger partial charge in [0.2, 0.25) is 0 Å². The molecular formula is C16H16O. The molecule has 1 heteroatoms. The lowest BCUT2D eigenvalue weighted by Crippen LogP contribution is -2.35. The molecule has 0 aliphatic heterocycles. The second kappa shape index (κ2) is 3.32. The highest BCUT2D eigenvalue weighted by Gasteiger charge is 2.42. The van der Waals surface area contributed by atoms with Crippen LogP contribution in [0.2, 0.25) is 0 Å². The molecule has 0 heterocycles. The molecule has 2 bridgehead atoms. The number of aryl methyl sites for hydroxylation is 1.